The van der Waals surface area contributed by atoms with E-state index in [2.05, 4.69) is 9.97 Å². The molecule has 4 nitrogen and oxygen atoms in total. The normalized spacial score (nSPS) is 16.3. The molecule has 1 fully saturated rings. The summed E-state index contributed by atoms with van der Waals surface area (Å²) in [5, 5.41) is 0. The van der Waals surface area contributed by atoms with Crippen molar-refractivity contribution in [3.63, 3.8) is 0 Å². The summed E-state index contributed by atoms with van der Waals surface area (Å²) in [6.07, 6.45) is 2.25. The van der Waals surface area contributed by atoms with Crippen LogP contribution in [0.25, 0.3) is 11.3 Å². The molecule has 2 aromatic rings. The Morgan fingerprint density at radius 2 is 2.00 bits per heavy atom. The second-order valence-corrected chi connectivity index (χ2v) is 5.15. The van der Waals surface area contributed by atoms with Crippen LogP contribution in [-0.2, 0) is 0 Å². The summed E-state index contributed by atoms with van der Waals surface area (Å²) >= 11 is 0. The maximum absolute atomic E-state index is 12.0. The number of hydrogen-bond donors (Lipinski definition) is 2. The van der Waals surface area contributed by atoms with Crippen LogP contribution in [0.3, 0.4) is 0 Å². The van der Waals surface area contributed by atoms with E-state index in [9.17, 15) is 4.79 Å². The van der Waals surface area contributed by atoms with E-state index in [0.717, 1.165) is 24.1 Å². The number of hydrogen-bond acceptors (Lipinski definition) is 3. The molecule has 0 saturated heterocycles. The topological polar surface area (TPSA) is 71.8 Å². The number of H-pyrrole nitrogens is 1. The van der Waals surface area contributed by atoms with Gasteiger partial charge >= 0.3 is 0 Å². The van der Waals surface area contributed by atoms with Gasteiger partial charge in [-0.15, -0.1) is 0 Å². The predicted octanol–water partition coefficient (Wildman–Crippen LogP) is 2.16. The fourth-order valence-electron chi connectivity index (χ4n) is 2.26. The molecular weight excluding hydrogens is 238 g/mol. The lowest BCUT2D eigenvalue weighted by atomic mass is 10.1. The van der Waals surface area contributed by atoms with E-state index in [4.69, 9.17) is 5.73 Å². The number of aromatic amines is 1. The molecule has 19 heavy (non-hydrogen) atoms. The molecular formula is C15H17N3O. The van der Waals surface area contributed by atoms with Gasteiger partial charge in [0.25, 0.3) is 5.56 Å². The molecule has 98 valence electrons. The Labute approximate surface area is 111 Å². The lowest BCUT2D eigenvalue weighted by Crippen LogP contribution is -2.23. The number of aromatic nitrogens is 2. The summed E-state index contributed by atoms with van der Waals surface area (Å²) in [4.78, 5) is 19.4. The smallest absolute Gasteiger partial charge is 0.254 e. The van der Waals surface area contributed by atoms with Gasteiger partial charge in [0.15, 0.2) is 0 Å². The van der Waals surface area contributed by atoms with Crippen molar-refractivity contribution in [1.29, 1.82) is 0 Å². The van der Waals surface area contributed by atoms with E-state index in [0.29, 0.717) is 17.3 Å². The molecule has 1 aromatic heterocycles. The van der Waals surface area contributed by atoms with Crippen LogP contribution in [0.15, 0.2) is 35.1 Å². The van der Waals surface area contributed by atoms with E-state index in [1.54, 1.807) is 6.92 Å². The molecule has 1 aliphatic carbocycles. The standard InChI is InChI=1S/C15H17N3O/c1-9-13(11-5-3-2-4-6-11)17-14(18-15(9)19)12(16)10-7-8-10/h2-6,10,12H,7-8,16H2,1H3,(H,17,18,19). The zero-order valence-electron chi connectivity index (χ0n) is 10.9. The van der Waals surface area contributed by atoms with Crippen LogP contribution in [0.2, 0.25) is 0 Å². The number of nitrogens with two attached hydrogens (primary N) is 1. The van der Waals surface area contributed by atoms with Crippen molar-refractivity contribution in [2.24, 2.45) is 11.7 Å². The third-order valence-corrected chi connectivity index (χ3v) is 3.66. The molecule has 1 atom stereocenters. The van der Waals surface area contributed by atoms with Gasteiger partial charge in [0.05, 0.1) is 11.7 Å². The fraction of sp³-hybridized carbons (Fsp3) is 0.333. The molecule has 0 spiro atoms. The van der Waals surface area contributed by atoms with Crippen molar-refractivity contribution in [2.75, 3.05) is 0 Å². The Bertz CT molecular complexity index is 644. The predicted molar refractivity (Wildman–Crippen MR) is 74.7 cm³/mol. The van der Waals surface area contributed by atoms with Gasteiger partial charge in [-0.3, -0.25) is 4.79 Å². The van der Waals surface area contributed by atoms with Crippen molar-refractivity contribution in [3.05, 3.63) is 52.1 Å². The molecule has 1 saturated carbocycles. The zero-order chi connectivity index (χ0) is 13.4. The molecule has 1 heterocycles. The first-order valence-electron chi connectivity index (χ1n) is 6.58. The highest BCUT2D eigenvalue weighted by Crippen LogP contribution is 2.38. The molecule has 1 unspecified atom stereocenters. The maximum atomic E-state index is 12.0. The van der Waals surface area contributed by atoms with E-state index in [-0.39, 0.29) is 11.6 Å². The van der Waals surface area contributed by atoms with E-state index in [1.165, 1.54) is 0 Å². The second-order valence-electron chi connectivity index (χ2n) is 5.15. The Hall–Kier alpha value is -1.94. The van der Waals surface area contributed by atoms with Gasteiger partial charge in [-0.25, -0.2) is 4.98 Å². The minimum atomic E-state index is -0.157. The van der Waals surface area contributed by atoms with Crippen LogP contribution < -0.4 is 11.3 Å². The summed E-state index contributed by atoms with van der Waals surface area (Å²) < 4.78 is 0. The Balaban J connectivity index is 2.10. The van der Waals surface area contributed by atoms with Crippen LogP contribution >= 0.6 is 0 Å². The van der Waals surface area contributed by atoms with Crippen LogP contribution in [0.5, 0.6) is 0 Å². The van der Waals surface area contributed by atoms with Crippen LogP contribution in [0.4, 0.5) is 0 Å². The van der Waals surface area contributed by atoms with Crippen molar-refractivity contribution in [2.45, 2.75) is 25.8 Å². The molecule has 0 radical (unpaired) electrons. The summed E-state index contributed by atoms with van der Waals surface area (Å²) in [6.45, 7) is 1.79. The number of rotatable bonds is 3. The van der Waals surface area contributed by atoms with Crippen molar-refractivity contribution >= 4 is 0 Å². The lowest BCUT2D eigenvalue weighted by Gasteiger charge is -2.12. The summed E-state index contributed by atoms with van der Waals surface area (Å²) in [7, 11) is 0. The average Bonchev–Trinajstić information content (AvgIpc) is 3.26. The van der Waals surface area contributed by atoms with E-state index in [1.807, 2.05) is 30.3 Å². The Kier molecular flexibility index (Phi) is 2.95. The third kappa shape index (κ3) is 2.31. The van der Waals surface area contributed by atoms with Crippen LogP contribution in [0.1, 0.15) is 30.3 Å². The molecule has 1 aliphatic rings. The number of nitrogens with one attached hydrogen (secondary N) is 1. The van der Waals surface area contributed by atoms with Gasteiger partial charge in [0.1, 0.15) is 5.82 Å². The van der Waals surface area contributed by atoms with E-state index >= 15 is 0 Å². The van der Waals surface area contributed by atoms with Crippen LogP contribution in [0, 0.1) is 12.8 Å². The van der Waals surface area contributed by atoms with Crippen molar-refractivity contribution < 1.29 is 0 Å². The minimum Gasteiger partial charge on any atom is -0.321 e. The molecule has 1 aromatic carbocycles. The quantitative estimate of drug-likeness (QED) is 0.882. The summed E-state index contributed by atoms with van der Waals surface area (Å²) in [5.74, 6) is 1.08. The molecule has 0 bridgehead atoms. The van der Waals surface area contributed by atoms with Gasteiger partial charge < -0.3 is 10.7 Å². The largest absolute Gasteiger partial charge is 0.321 e. The molecule has 4 heteroatoms. The summed E-state index contributed by atoms with van der Waals surface area (Å²) in [6, 6.07) is 9.59. The number of nitrogens with zero attached hydrogens (tertiary/aromatic N) is 1. The molecule has 3 rings (SSSR count). The first-order valence-corrected chi connectivity index (χ1v) is 6.58. The molecule has 0 aliphatic heterocycles. The SMILES string of the molecule is Cc1c(-c2ccccc2)nc(C(N)C2CC2)[nH]c1=O. The zero-order valence-corrected chi connectivity index (χ0v) is 10.9. The highest BCUT2D eigenvalue weighted by Gasteiger charge is 2.31. The Morgan fingerprint density at radius 1 is 1.32 bits per heavy atom. The van der Waals surface area contributed by atoms with Gasteiger partial charge in [-0.1, -0.05) is 30.3 Å². The van der Waals surface area contributed by atoms with Gasteiger partial charge in [-0.05, 0) is 25.7 Å². The monoisotopic (exact) mass is 255 g/mol. The summed E-state index contributed by atoms with van der Waals surface area (Å²) in [5.41, 5.74) is 8.36. The van der Waals surface area contributed by atoms with Crippen LogP contribution in [-0.4, -0.2) is 9.97 Å². The highest BCUT2D eigenvalue weighted by atomic mass is 16.1. The molecule has 0 amide bonds. The highest BCUT2D eigenvalue weighted by molar-refractivity contribution is 5.62. The van der Waals surface area contributed by atoms with E-state index < -0.39 is 0 Å². The van der Waals surface area contributed by atoms with Crippen molar-refractivity contribution in [1.82, 2.24) is 9.97 Å². The van der Waals surface area contributed by atoms with Gasteiger partial charge in [0.2, 0.25) is 0 Å². The molecule has 3 N–H and O–H groups in total. The third-order valence-electron chi connectivity index (χ3n) is 3.66. The van der Waals surface area contributed by atoms with Gasteiger partial charge in [-0.2, -0.15) is 0 Å². The maximum Gasteiger partial charge on any atom is 0.254 e. The minimum absolute atomic E-state index is 0.0973. The fourth-order valence-corrected chi connectivity index (χ4v) is 2.26. The first kappa shape index (κ1) is 12.1. The Morgan fingerprint density at radius 3 is 2.63 bits per heavy atom. The van der Waals surface area contributed by atoms with Crippen molar-refractivity contribution in [3.8, 4) is 11.3 Å². The average molecular weight is 255 g/mol. The first-order chi connectivity index (χ1) is 9.16. The number of benzene rings is 1. The second kappa shape index (κ2) is 4.63. The van der Waals surface area contributed by atoms with Gasteiger partial charge in [0, 0.05) is 11.1 Å². The lowest BCUT2D eigenvalue weighted by molar-refractivity contribution is 0.590.